The molecule has 2 nitrogen and oxygen atoms in total. The molecule has 0 spiro atoms. The Hall–Kier alpha value is -1.12. The first-order chi connectivity index (χ1) is 7.27. The predicted molar refractivity (Wildman–Crippen MR) is 64.4 cm³/mol. The van der Waals surface area contributed by atoms with Gasteiger partial charge in [0.25, 0.3) is 0 Å². The fourth-order valence-electron chi connectivity index (χ4n) is 1.24. The minimum Gasteiger partial charge on any atom is -0.319 e. The van der Waals surface area contributed by atoms with Gasteiger partial charge in [0.15, 0.2) is 6.29 Å². The van der Waals surface area contributed by atoms with Crippen LogP contribution in [0.25, 0.3) is 6.08 Å². The molecule has 0 heterocycles. The lowest BCUT2D eigenvalue weighted by Gasteiger charge is -1.99. The molecule has 0 atom stereocenters. The Morgan fingerprint density at radius 1 is 1.40 bits per heavy atom. The Morgan fingerprint density at radius 2 is 2.20 bits per heavy atom. The average Bonchev–Trinajstić information content (AvgIpc) is 2.26. The molecule has 1 N–H and O–H groups in total. The Kier molecular flexibility index (Phi) is 5.08. The Morgan fingerprint density at radius 3 is 2.87 bits per heavy atom. The van der Waals surface area contributed by atoms with Crippen LogP contribution in [0.1, 0.15) is 22.3 Å². The van der Waals surface area contributed by atoms with Crippen molar-refractivity contribution in [3.8, 4) is 0 Å². The van der Waals surface area contributed by atoms with Crippen molar-refractivity contribution in [1.82, 2.24) is 5.32 Å². The van der Waals surface area contributed by atoms with Crippen molar-refractivity contribution in [1.29, 1.82) is 0 Å². The van der Waals surface area contributed by atoms with Crippen LogP contribution >= 0.6 is 11.6 Å². The van der Waals surface area contributed by atoms with Crippen molar-refractivity contribution < 1.29 is 4.79 Å². The van der Waals surface area contributed by atoms with Gasteiger partial charge in [-0.25, -0.2) is 0 Å². The maximum Gasteiger partial charge on any atom is 0.150 e. The summed E-state index contributed by atoms with van der Waals surface area (Å²) in [4.78, 5) is 10.8. The highest BCUT2D eigenvalue weighted by atomic mass is 35.5. The van der Waals surface area contributed by atoms with Gasteiger partial charge in [0, 0.05) is 10.6 Å². The predicted octanol–water partition coefficient (Wildman–Crippen LogP) is 2.78. The van der Waals surface area contributed by atoms with Gasteiger partial charge in [-0.3, -0.25) is 4.79 Å². The first-order valence-electron chi connectivity index (χ1n) is 4.84. The standard InChI is InChI=1S/C12H14ClNO/c1-14-7-3-2-4-10-5-6-12(13)8-11(10)9-15/h2,4-6,8-9,14H,3,7H2,1H3. The van der Waals surface area contributed by atoms with E-state index in [9.17, 15) is 4.79 Å². The van der Waals surface area contributed by atoms with Crippen molar-refractivity contribution in [2.75, 3.05) is 13.6 Å². The molecular weight excluding hydrogens is 210 g/mol. The van der Waals surface area contributed by atoms with E-state index in [1.54, 1.807) is 12.1 Å². The topological polar surface area (TPSA) is 29.1 Å². The minimum absolute atomic E-state index is 0.587. The number of hydrogen-bond acceptors (Lipinski definition) is 2. The zero-order valence-corrected chi connectivity index (χ0v) is 9.42. The van der Waals surface area contributed by atoms with Gasteiger partial charge in [-0.05, 0) is 37.7 Å². The monoisotopic (exact) mass is 223 g/mol. The SMILES string of the molecule is CNCCC=Cc1ccc(Cl)cc1C=O. The van der Waals surface area contributed by atoms with E-state index in [0.717, 1.165) is 24.8 Å². The molecule has 1 aromatic carbocycles. The van der Waals surface area contributed by atoms with Crippen molar-refractivity contribution in [3.05, 3.63) is 40.4 Å². The number of nitrogens with one attached hydrogen (secondary N) is 1. The zero-order valence-electron chi connectivity index (χ0n) is 8.66. The van der Waals surface area contributed by atoms with Crippen LogP contribution in [0.5, 0.6) is 0 Å². The van der Waals surface area contributed by atoms with E-state index in [-0.39, 0.29) is 0 Å². The molecule has 0 unspecified atom stereocenters. The van der Waals surface area contributed by atoms with Gasteiger partial charge >= 0.3 is 0 Å². The Labute approximate surface area is 94.9 Å². The normalized spacial score (nSPS) is 10.8. The number of halogens is 1. The van der Waals surface area contributed by atoms with Crippen molar-refractivity contribution in [3.63, 3.8) is 0 Å². The molecule has 1 aromatic rings. The zero-order chi connectivity index (χ0) is 11.1. The van der Waals surface area contributed by atoms with Gasteiger partial charge in [0.1, 0.15) is 0 Å². The molecule has 0 radical (unpaired) electrons. The van der Waals surface area contributed by atoms with E-state index < -0.39 is 0 Å². The second kappa shape index (κ2) is 6.38. The first kappa shape index (κ1) is 12.0. The third kappa shape index (κ3) is 3.86. The van der Waals surface area contributed by atoms with Crippen LogP contribution in [0.4, 0.5) is 0 Å². The second-order valence-electron chi connectivity index (χ2n) is 3.19. The number of aldehydes is 1. The van der Waals surface area contributed by atoms with E-state index >= 15 is 0 Å². The molecule has 0 amide bonds. The quantitative estimate of drug-likeness (QED) is 0.615. The molecular formula is C12H14ClNO. The lowest BCUT2D eigenvalue weighted by Crippen LogP contribution is -2.05. The van der Waals surface area contributed by atoms with Gasteiger partial charge < -0.3 is 5.32 Å². The molecule has 15 heavy (non-hydrogen) atoms. The number of carbonyl (C=O) groups excluding carboxylic acids is 1. The van der Waals surface area contributed by atoms with Crippen molar-refractivity contribution in [2.45, 2.75) is 6.42 Å². The maximum absolute atomic E-state index is 10.8. The summed E-state index contributed by atoms with van der Waals surface area (Å²) in [5.74, 6) is 0. The number of benzene rings is 1. The molecule has 0 fully saturated rings. The summed E-state index contributed by atoms with van der Waals surface area (Å²) in [6.07, 6.45) is 5.74. The summed E-state index contributed by atoms with van der Waals surface area (Å²) in [6.45, 7) is 0.931. The molecule has 1 rings (SSSR count). The second-order valence-corrected chi connectivity index (χ2v) is 3.62. The smallest absolute Gasteiger partial charge is 0.150 e. The van der Waals surface area contributed by atoms with Gasteiger partial charge in [0.2, 0.25) is 0 Å². The van der Waals surface area contributed by atoms with E-state index in [1.165, 1.54) is 0 Å². The van der Waals surface area contributed by atoms with Gasteiger partial charge in [-0.15, -0.1) is 0 Å². The van der Waals surface area contributed by atoms with E-state index in [0.29, 0.717) is 10.6 Å². The highest BCUT2D eigenvalue weighted by Crippen LogP contribution is 2.15. The van der Waals surface area contributed by atoms with Crippen LogP contribution in [0.3, 0.4) is 0 Å². The van der Waals surface area contributed by atoms with E-state index in [2.05, 4.69) is 5.32 Å². The van der Waals surface area contributed by atoms with Gasteiger partial charge in [-0.2, -0.15) is 0 Å². The van der Waals surface area contributed by atoms with Crippen LogP contribution in [0.15, 0.2) is 24.3 Å². The molecule has 0 aliphatic heterocycles. The molecule has 0 aromatic heterocycles. The Bertz CT molecular complexity index is 361. The van der Waals surface area contributed by atoms with Crippen LogP contribution in [0.2, 0.25) is 5.02 Å². The third-order valence-corrected chi connectivity index (χ3v) is 2.27. The molecule has 80 valence electrons. The molecule has 0 bridgehead atoms. The Balaban J connectivity index is 2.75. The summed E-state index contributed by atoms with van der Waals surface area (Å²) < 4.78 is 0. The number of rotatable bonds is 5. The molecule has 0 aliphatic rings. The maximum atomic E-state index is 10.8. The molecule has 0 aliphatic carbocycles. The minimum atomic E-state index is 0.587. The summed E-state index contributed by atoms with van der Waals surface area (Å²) >= 11 is 5.79. The fourth-order valence-corrected chi connectivity index (χ4v) is 1.42. The summed E-state index contributed by atoms with van der Waals surface area (Å²) in [7, 11) is 1.91. The summed E-state index contributed by atoms with van der Waals surface area (Å²) in [5.41, 5.74) is 1.54. The average molecular weight is 224 g/mol. The molecule has 3 heteroatoms. The van der Waals surface area contributed by atoms with Gasteiger partial charge in [-0.1, -0.05) is 29.8 Å². The number of hydrogen-bond donors (Lipinski definition) is 1. The summed E-state index contributed by atoms with van der Waals surface area (Å²) in [5, 5.41) is 3.64. The largest absolute Gasteiger partial charge is 0.319 e. The third-order valence-electron chi connectivity index (χ3n) is 2.03. The van der Waals surface area contributed by atoms with E-state index in [1.807, 2.05) is 25.3 Å². The van der Waals surface area contributed by atoms with Gasteiger partial charge in [0.05, 0.1) is 0 Å². The lowest BCUT2D eigenvalue weighted by molar-refractivity contribution is 0.112. The highest BCUT2D eigenvalue weighted by molar-refractivity contribution is 6.30. The van der Waals surface area contributed by atoms with Crippen LogP contribution in [-0.2, 0) is 0 Å². The first-order valence-corrected chi connectivity index (χ1v) is 5.21. The van der Waals surface area contributed by atoms with Crippen LogP contribution in [-0.4, -0.2) is 19.9 Å². The number of carbonyl (C=O) groups is 1. The van der Waals surface area contributed by atoms with Crippen molar-refractivity contribution in [2.24, 2.45) is 0 Å². The molecule has 0 saturated carbocycles. The highest BCUT2D eigenvalue weighted by Gasteiger charge is 1.98. The lowest BCUT2D eigenvalue weighted by atomic mass is 10.1. The van der Waals surface area contributed by atoms with Crippen molar-refractivity contribution >= 4 is 24.0 Å². The van der Waals surface area contributed by atoms with Crippen LogP contribution < -0.4 is 5.32 Å². The fraction of sp³-hybridized carbons (Fsp3) is 0.250. The molecule has 0 saturated heterocycles. The van der Waals surface area contributed by atoms with Crippen LogP contribution in [0, 0.1) is 0 Å². The van der Waals surface area contributed by atoms with E-state index in [4.69, 9.17) is 11.6 Å². The summed E-state index contributed by atoms with van der Waals surface area (Å²) in [6, 6.07) is 5.31.